The second-order valence-corrected chi connectivity index (χ2v) is 8.19. The number of amides is 1. The fourth-order valence-electron chi connectivity index (χ4n) is 4.23. The van der Waals surface area contributed by atoms with Gasteiger partial charge in [0.25, 0.3) is 0 Å². The highest BCUT2D eigenvalue weighted by Gasteiger charge is 2.20. The Kier molecular flexibility index (Phi) is 7.58. The Morgan fingerprint density at radius 1 is 0.939 bits per heavy atom. The lowest BCUT2D eigenvalue weighted by Gasteiger charge is -2.36. The Balaban J connectivity index is 1.25. The minimum absolute atomic E-state index is 0.0380. The van der Waals surface area contributed by atoms with Crippen molar-refractivity contribution in [3.05, 3.63) is 84.2 Å². The highest BCUT2D eigenvalue weighted by atomic mass is 19.1. The first-order chi connectivity index (χ1) is 16.1. The van der Waals surface area contributed by atoms with E-state index in [1.165, 1.54) is 12.1 Å². The summed E-state index contributed by atoms with van der Waals surface area (Å²) in [5.41, 5.74) is 4.08. The molecule has 1 aliphatic heterocycles. The number of rotatable bonds is 8. The van der Waals surface area contributed by atoms with Gasteiger partial charge in [-0.25, -0.2) is 4.39 Å². The van der Waals surface area contributed by atoms with E-state index in [0.29, 0.717) is 13.0 Å². The third-order valence-corrected chi connectivity index (χ3v) is 6.10. The number of carbonyl (C=O) groups is 1. The standard InChI is InChI=1S/C27H30FN3O2/c1-33-26-9-5-4-8-25(26)31-18-16-30(17-19-31)15-14-27(32)29-20-22-6-2-3-7-24(22)21-10-12-23(28)13-11-21/h2-13H,14-20H2,1H3,(H,29,32). The van der Waals surface area contributed by atoms with E-state index in [1.54, 1.807) is 19.2 Å². The zero-order chi connectivity index (χ0) is 23.0. The quantitative estimate of drug-likeness (QED) is 0.558. The van der Waals surface area contributed by atoms with Crippen molar-refractivity contribution < 1.29 is 13.9 Å². The maximum Gasteiger partial charge on any atom is 0.221 e. The molecule has 1 amide bonds. The molecule has 33 heavy (non-hydrogen) atoms. The van der Waals surface area contributed by atoms with Crippen molar-refractivity contribution in [2.75, 3.05) is 44.7 Å². The maximum absolute atomic E-state index is 13.3. The Morgan fingerprint density at radius 3 is 2.39 bits per heavy atom. The van der Waals surface area contributed by atoms with Crippen LogP contribution in [0.3, 0.4) is 0 Å². The van der Waals surface area contributed by atoms with Gasteiger partial charge in [0.05, 0.1) is 12.8 Å². The Hall–Kier alpha value is -3.38. The summed E-state index contributed by atoms with van der Waals surface area (Å²) in [5, 5.41) is 3.04. The summed E-state index contributed by atoms with van der Waals surface area (Å²) < 4.78 is 18.8. The van der Waals surface area contributed by atoms with E-state index in [1.807, 2.05) is 42.5 Å². The molecule has 5 nitrogen and oxygen atoms in total. The molecule has 0 radical (unpaired) electrons. The van der Waals surface area contributed by atoms with Crippen molar-refractivity contribution in [2.24, 2.45) is 0 Å². The molecule has 0 atom stereocenters. The Morgan fingerprint density at radius 2 is 1.64 bits per heavy atom. The van der Waals surface area contributed by atoms with Crippen LogP contribution in [-0.2, 0) is 11.3 Å². The first kappa shape index (κ1) is 22.8. The molecule has 1 aliphatic rings. The fraction of sp³-hybridized carbons (Fsp3) is 0.296. The molecule has 1 N–H and O–H groups in total. The largest absolute Gasteiger partial charge is 0.495 e. The second-order valence-electron chi connectivity index (χ2n) is 8.19. The molecule has 0 saturated carbocycles. The van der Waals surface area contributed by atoms with Gasteiger partial charge in [-0.3, -0.25) is 9.69 Å². The van der Waals surface area contributed by atoms with Crippen LogP contribution in [0.15, 0.2) is 72.8 Å². The number of halogens is 1. The van der Waals surface area contributed by atoms with Gasteiger partial charge in [-0.15, -0.1) is 0 Å². The lowest BCUT2D eigenvalue weighted by molar-refractivity contribution is -0.121. The highest BCUT2D eigenvalue weighted by molar-refractivity contribution is 5.76. The number of hydrogen-bond acceptors (Lipinski definition) is 4. The molecule has 0 unspecified atom stereocenters. The van der Waals surface area contributed by atoms with Crippen LogP contribution in [-0.4, -0.2) is 50.6 Å². The van der Waals surface area contributed by atoms with Crippen LogP contribution in [0.2, 0.25) is 0 Å². The van der Waals surface area contributed by atoms with Gasteiger partial charge in [0.15, 0.2) is 0 Å². The molecular weight excluding hydrogens is 417 g/mol. The minimum atomic E-state index is -0.256. The van der Waals surface area contributed by atoms with Crippen molar-refractivity contribution in [3.8, 4) is 16.9 Å². The summed E-state index contributed by atoms with van der Waals surface area (Å²) in [5.74, 6) is 0.676. The van der Waals surface area contributed by atoms with Crippen molar-refractivity contribution >= 4 is 11.6 Å². The van der Waals surface area contributed by atoms with E-state index in [-0.39, 0.29) is 11.7 Å². The number of para-hydroxylation sites is 2. The molecule has 4 rings (SSSR count). The SMILES string of the molecule is COc1ccccc1N1CCN(CCC(=O)NCc2ccccc2-c2ccc(F)cc2)CC1. The van der Waals surface area contributed by atoms with E-state index in [0.717, 1.165) is 60.9 Å². The highest BCUT2D eigenvalue weighted by Crippen LogP contribution is 2.28. The molecule has 6 heteroatoms. The second kappa shape index (κ2) is 11.0. The maximum atomic E-state index is 13.3. The Bertz CT molecular complexity index is 1060. The molecule has 172 valence electrons. The van der Waals surface area contributed by atoms with Crippen LogP contribution >= 0.6 is 0 Å². The van der Waals surface area contributed by atoms with E-state index in [4.69, 9.17) is 4.74 Å². The van der Waals surface area contributed by atoms with Crippen molar-refractivity contribution in [2.45, 2.75) is 13.0 Å². The fourth-order valence-corrected chi connectivity index (χ4v) is 4.23. The van der Waals surface area contributed by atoms with Gasteiger partial charge in [-0.05, 0) is 41.0 Å². The first-order valence-corrected chi connectivity index (χ1v) is 11.3. The predicted octanol–water partition coefficient (Wildman–Crippen LogP) is 4.33. The average molecular weight is 448 g/mol. The number of benzene rings is 3. The first-order valence-electron chi connectivity index (χ1n) is 11.3. The number of piperazine rings is 1. The minimum Gasteiger partial charge on any atom is -0.495 e. The van der Waals surface area contributed by atoms with Crippen molar-refractivity contribution in [3.63, 3.8) is 0 Å². The molecule has 0 bridgehead atoms. The van der Waals surface area contributed by atoms with Crippen LogP contribution in [0.4, 0.5) is 10.1 Å². The predicted molar refractivity (Wildman–Crippen MR) is 130 cm³/mol. The molecule has 0 aliphatic carbocycles. The zero-order valence-corrected chi connectivity index (χ0v) is 19.0. The molecule has 1 saturated heterocycles. The number of hydrogen-bond donors (Lipinski definition) is 1. The summed E-state index contributed by atoms with van der Waals surface area (Å²) in [6, 6.07) is 22.4. The van der Waals surface area contributed by atoms with Gasteiger partial charge in [-0.1, -0.05) is 48.5 Å². The molecule has 3 aromatic carbocycles. The summed E-state index contributed by atoms with van der Waals surface area (Å²) >= 11 is 0. The molecule has 0 aromatic heterocycles. The Labute approximate surface area is 194 Å². The number of methoxy groups -OCH3 is 1. The summed E-state index contributed by atoms with van der Waals surface area (Å²) in [4.78, 5) is 17.2. The number of ether oxygens (including phenoxy) is 1. The van der Waals surface area contributed by atoms with Gasteiger partial charge >= 0.3 is 0 Å². The average Bonchev–Trinajstić information content (AvgIpc) is 2.87. The third-order valence-electron chi connectivity index (χ3n) is 6.10. The molecule has 3 aromatic rings. The molecular formula is C27H30FN3O2. The monoisotopic (exact) mass is 447 g/mol. The summed E-state index contributed by atoms with van der Waals surface area (Å²) in [6.45, 7) is 4.84. The number of anilines is 1. The zero-order valence-electron chi connectivity index (χ0n) is 19.0. The lowest BCUT2D eigenvalue weighted by atomic mass is 9.99. The van der Waals surface area contributed by atoms with E-state index < -0.39 is 0 Å². The van der Waals surface area contributed by atoms with Gasteiger partial charge in [0.1, 0.15) is 11.6 Å². The van der Waals surface area contributed by atoms with Gasteiger partial charge in [0, 0.05) is 45.7 Å². The van der Waals surface area contributed by atoms with Crippen molar-refractivity contribution in [1.82, 2.24) is 10.2 Å². The van der Waals surface area contributed by atoms with Crippen LogP contribution in [0.25, 0.3) is 11.1 Å². The molecule has 0 spiro atoms. The number of nitrogens with zero attached hydrogens (tertiary/aromatic N) is 2. The van der Waals surface area contributed by atoms with Crippen LogP contribution in [0.1, 0.15) is 12.0 Å². The third kappa shape index (κ3) is 5.90. The number of carbonyl (C=O) groups excluding carboxylic acids is 1. The van der Waals surface area contributed by atoms with E-state index in [2.05, 4.69) is 21.2 Å². The van der Waals surface area contributed by atoms with Crippen LogP contribution < -0.4 is 15.0 Å². The van der Waals surface area contributed by atoms with Crippen LogP contribution in [0.5, 0.6) is 5.75 Å². The van der Waals surface area contributed by atoms with Gasteiger partial charge < -0.3 is 15.0 Å². The van der Waals surface area contributed by atoms with Crippen LogP contribution in [0, 0.1) is 5.82 Å². The number of nitrogens with one attached hydrogen (secondary N) is 1. The van der Waals surface area contributed by atoms with Crippen molar-refractivity contribution in [1.29, 1.82) is 0 Å². The lowest BCUT2D eigenvalue weighted by Crippen LogP contribution is -2.47. The van der Waals surface area contributed by atoms with E-state index in [9.17, 15) is 9.18 Å². The van der Waals surface area contributed by atoms with E-state index >= 15 is 0 Å². The van der Waals surface area contributed by atoms with Gasteiger partial charge in [0.2, 0.25) is 5.91 Å². The summed E-state index contributed by atoms with van der Waals surface area (Å²) in [6.07, 6.45) is 0.466. The summed E-state index contributed by atoms with van der Waals surface area (Å²) in [7, 11) is 1.70. The topological polar surface area (TPSA) is 44.8 Å². The molecule has 1 fully saturated rings. The van der Waals surface area contributed by atoms with Gasteiger partial charge in [-0.2, -0.15) is 0 Å². The normalized spacial score (nSPS) is 14.2. The smallest absolute Gasteiger partial charge is 0.221 e. The molecule has 1 heterocycles.